The number of halogens is 2. The fourth-order valence-electron chi connectivity index (χ4n) is 2.16. The summed E-state index contributed by atoms with van der Waals surface area (Å²) in [6.07, 6.45) is 3.55. The van der Waals surface area contributed by atoms with Crippen LogP contribution in [0.4, 0.5) is 4.39 Å². The number of aliphatic imine (C=N–C) groups is 1. The van der Waals surface area contributed by atoms with E-state index in [1.54, 1.807) is 19.2 Å². The molecule has 1 aliphatic rings. The molecule has 0 radical (unpaired) electrons. The summed E-state index contributed by atoms with van der Waals surface area (Å²) in [4.78, 5) is 4.18. The first-order valence-corrected chi connectivity index (χ1v) is 8.62. The van der Waals surface area contributed by atoms with E-state index in [0.29, 0.717) is 12.3 Å². The fraction of sp³-hybridized carbons (Fsp3) is 0.611. The summed E-state index contributed by atoms with van der Waals surface area (Å²) in [5.74, 6) is 1.95. The van der Waals surface area contributed by atoms with Crippen molar-refractivity contribution in [2.75, 3.05) is 33.4 Å². The number of rotatable bonds is 10. The second-order valence-corrected chi connectivity index (χ2v) is 6.13. The fourth-order valence-corrected chi connectivity index (χ4v) is 2.16. The number of nitrogens with zero attached hydrogens (tertiary/aromatic N) is 1. The predicted octanol–water partition coefficient (Wildman–Crippen LogP) is 3.19. The third-order valence-electron chi connectivity index (χ3n) is 3.74. The summed E-state index contributed by atoms with van der Waals surface area (Å²) in [6, 6.07) is 6.03. The van der Waals surface area contributed by atoms with E-state index in [9.17, 15) is 4.39 Å². The van der Waals surface area contributed by atoms with E-state index in [0.717, 1.165) is 38.1 Å². The number of ether oxygens (including phenoxy) is 2. The standard InChI is InChI=1S/C18H28FN3O2.HI/c1-14(24-17-8-6-16(19)7-9-17)12-22-18(20-2)21-10-3-11-23-13-15-4-5-15;/h6-9,14-15H,3-5,10-13H2,1-2H3,(H2,20,21,22);1H. The third kappa shape index (κ3) is 9.84. The highest BCUT2D eigenvalue weighted by molar-refractivity contribution is 14.0. The lowest BCUT2D eigenvalue weighted by Crippen LogP contribution is -2.42. The highest BCUT2D eigenvalue weighted by atomic mass is 127. The van der Waals surface area contributed by atoms with Crippen LogP contribution in [0.5, 0.6) is 5.75 Å². The molecule has 1 fully saturated rings. The van der Waals surface area contributed by atoms with Gasteiger partial charge in [0.1, 0.15) is 17.7 Å². The van der Waals surface area contributed by atoms with Crippen molar-refractivity contribution in [1.82, 2.24) is 10.6 Å². The smallest absolute Gasteiger partial charge is 0.191 e. The van der Waals surface area contributed by atoms with Gasteiger partial charge >= 0.3 is 0 Å². The molecule has 0 aliphatic heterocycles. The second-order valence-electron chi connectivity index (χ2n) is 6.13. The van der Waals surface area contributed by atoms with Gasteiger partial charge in [0.25, 0.3) is 0 Å². The largest absolute Gasteiger partial charge is 0.489 e. The van der Waals surface area contributed by atoms with Crippen molar-refractivity contribution in [3.8, 4) is 5.75 Å². The minimum atomic E-state index is -0.265. The van der Waals surface area contributed by atoms with Crippen LogP contribution in [0, 0.1) is 11.7 Å². The zero-order valence-electron chi connectivity index (χ0n) is 15.0. The van der Waals surface area contributed by atoms with Crippen LogP contribution in [0.2, 0.25) is 0 Å². The summed E-state index contributed by atoms with van der Waals surface area (Å²) in [5.41, 5.74) is 0. The lowest BCUT2D eigenvalue weighted by atomic mass is 10.3. The van der Waals surface area contributed by atoms with Crippen LogP contribution in [-0.2, 0) is 4.74 Å². The maximum absolute atomic E-state index is 12.9. The van der Waals surface area contributed by atoms with Crippen LogP contribution in [0.15, 0.2) is 29.3 Å². The van der Waals surface area contributed by atoms with Crippen molar-refractivity contribution in [2.24, 2.45) is 10.9 Å². The summed E-state index contributed by atoms with van der Waals surface area (Å²) in [7, 11) is 1.74. The molecule has 142 valence electrons. The van der Waals surface area contributed by atoms with Gasteiger partial charge in [0.05, 0.1) is 6.54 Å². The van der Waals surface area contributed by atoms with Gasteiger partial charge in [-0.1, -0.05) is 0 Å². The highest BCUT2D eigenvalue weighted by Gasteiger charge is 2.20. The minimum absolute atomic E-state index is 0. The molecule has 1 atom stereocenters. The van der Waals surface area contributed by atoms with Gasteiger partial charge in [-0.25, -0.2) is 4.39 Å². The van der Waals surface area contributed by atoms with Crippen LogP contribution in [0.3, 0.4) is 0 Å². The third-order valence-corrected chi connectivity index (χ3v) is 3.74. The Morgan fingerprint density at radius 3 is 2.64 bits per heavy atom. The molecule has 7 heteroatoms. The normalized spacial score (nSPS) is 15.2. The van der Waals surface area contributed by atoms with Crippen LogP contribution in [0.25, 0.3) is 0 Å². The molecule has 1 aromatic carbocycles. The van der Waals surface area contributed by atoms with E-state index < -0.39 is 0 Å². The van der Waals surface area contributed by atoms with Crippen molar-refractivity contribution in [3.05, 3.63) is 30.1 Å². The Hall–Kier alpha value is -1.09. The molecular formula is C18H29FIN3O2. The van der Waals surface area contributed by atoms with Gasteiger partial charge in [0.15, 0.2) is 5.96 Å². The number of guanidine groups is 1. The topological polar surface area (TPSA) is 54.9 Å². The highest BCUT2D eigenvalue weighted by Crippen LogP contribution is 2.28. The lowest BCUT2D eigenvalue weighted by molar-refractivity contribution is 0.123. The first-order valence-electron chi connectivity index (χ1n) is 8.62. The van der Waals surface area contributed by atoms with E-state index in [1.807, 2.05) is 6.92 Å². The van der Waals surface area contributed by atoms with Crippen LogP contribution in [0.1, 0.15) is 26.2 Å². The van der Waals surface area contributed by atoms with Gasteiger partial charge < -0.3 is 20.1 Å². The molecule has 0 spiro atoms. The van der Waals surface area contributed by atoms with Crippen LogP contribution in [-0.4, -0.2) is 45.4 Å². The molecule has 5 nitrogen and oxygen atoms in total. The van der Waals surface area contributed by atoms with E-state index in [-0.39, 0.29) is 35.9 Å². The summed E-state index contributed by atoms with van der Waals surface area (Å²) in [5, 5.41) is 6.47. The molecule has 1 unspecified atom stereocenters. The van der Waals surface area contributed by atoms with E-state index in [4.69, 9.17) is 9.47 Å². The molecule has 1 saturated carbocycles. The van der Waals surface area contributed by atoms with Crippen molar-refractivity contribution in [2.45, 2.75) is 32.3 Å². The van der Waals surface area contributed by atoms with Crippen LogP contribution < -0.4 is 15.4 Å². The van der Waals surface area contributed by atoms with Crippen molar-refractivity contribution in [3.63, 3.8) is 0 Å². The Balaban J connectivity index is 0.00000312. The average Bonchev–Trinajstić information content (AvgIpc) is 3.40. The maximum Gasteiger partial charge on any atom is 0.191 e. The first kappa shape index (κ1) is 22.0. The minimum Gasteiger partial charge on any atom is -0.489 e. The molecule has 0 bridgehead atoms. The Bertz CT molecular complexity index is 510. The van der Waals surface area contributed by atoms with Crippen LogP contribution >= 0.6 is 24.0 Å². The van der Waals surface area contributed by atoms with Gasteiger partial charge in [-0.3, -0.25) is 4.99 Å². The average molecular weight is 465 g/mol. The molecule has 0 heterocycles. The Morgan fingerprint density at radius 2 is 2.00 bits per heavy atom. The van der Waals surface area contributed by atoms with Gasteiger partial charge in [-0.15, -0.1) is 24.0 Å². The van der Waals surface area contributed by atoms with Crippen molar-refractivity contribution < 1.29 is 13.9 Å². The zero-order chi connectivity index (χ0) is 17.2. The molecule has 1 aliphatic carbocycles. The number of nitrogens with one attached hydrogen (secondary N) is 2. The van der Waals surface area contributed by atoms with Crippen molar-refractivity contribution in [1.29, 1.82) is 0 Å². The molecule has 0 aromatic heterocycles. The zero-order valence-corrected chi connectivity index (χ0v) is 17.3. The second kappa shape index (κ2) is 12.3. The first-order chi connectivity index (χ1) is 11.7. The number of benzene rings is 1. The molecule has 25 heavy (non-hydrogen) atoms. The summed E-state index contributed by atoms with van der Waals surface area (Å²) in [6.45, 7) is 5.07. The van der Waals surface area contributed by atoms with Gasteiger partial charge in [-0.05, 0) is 56.4 Å². The van der Waals surface area contributed by atoms with Gasteiger partial charge in [0.2, 0.25) is 0 Å². The monoisotopic (exact) mass is 465 g/mol. The Labute approximate surface area is 166 Å². The predicted molar refractivity (Wildman–Crippen MR) is 109 cm³/mol. The maximum atomic E-state index is 12.9. The number of hydrogen-bond donors (Lipinski definition) is 2. The molecule has 0 amide bonds. The lowest BCUT2D eigenvalue weighted by Gasteiger charge is -2.17. The Kier molecular flexibility index (Phi) is 10.8. The van der Waals surface area contributed by atoms with Crippen molar-refractivity contribution >= 4 is 29.9 Å². The SMILES string of the molecule is CN=C(NCCCOCC1CC1)NCC(C)Oc1ccc(F)cc1.I. The van der Waals surface area contributed by atoms with Gasteiger partial charge in [-0.2, -0.15) is 0 Å². The molecule has 2 N–H and O–H groups in total. The van der Waals surface area contributed by atoms with E-state index in [1.165, 1.54) is 25.0 Å². The molecule has 0 saturated heterocycles. The molecular weight excluding hydrogens is 436 g/mol. The summed E-state index contributed by atoms with van der Waals surface area (Å²) >= 11 is 0. The summed E-state index contributed by atoms with van der Waals surface area (Å²) < 4.78 is 24.2. The Morgan fingerprint density at radius 1 is 1.28 bits per heavy atom. The quantitative estimate of drug-likeness (QED) is 0.241. The van der Waals surface area contributed by atoms with E-state index in [2.05, 4.69) is 15.6 Å². The number of hydrogen-bond acceptors (Lipinski definition) is 3. The van der Waals surface area contributed by atoms with Gasteiger partial charge in [0, 0.05) is 26.8 Å². The van der Waals surface area contributed by atoms with E-state index >= 15 is 0 Å². The molecule has 2 rings (SSSR count). The molecule has 1 aromatic rings.